The highest BCUT2D eigenvalue weighted by molar-refractivity contribution is 5.94. The van der Waals surface area contributed by atoms with Crippen LogP contribution in [0.1, 0.15) is 67.4 Å². The molecule has 4 aromatic rings. The lowest BCUT2D eigenvalue weighted by atomic mass is 9.51. The van der Waals surface area contributed by atoms with Gasteiger partial charge in [-0.15, -0.1) is 0 Å². The van der Waals surface area contributed by atoms with Crippen molar-refractivity contribution in [2.24, 2.45) is 17.8 Å². The third-order valence-corrected chi connectivity index (χ3v) is 9.99. The Balaban J connectivity index is 1.06. The molecule has 8 nitrogen and oxygen atoms in total. The molecule has 0 spiro atoms. The summed E-state index contributed by atoms with van der Waals surface area (Å²) < 4.78 is 1.96. The highest BCUT2D eigenvalue weighted by atomic mass is 16.3. The van der Waals surface area contributed by atoms with Crippen LogP contribution < -0.4 is 16.1 Å². The van der Waals surface area contributed by atoms with Crippen molar-refractivity contribution in [3.8, 4) is 5.69 Å². The highest BCUT2D eigenvalue weighted by Gasteiger charge is 2.56. The van der Waals surface area contributed by atoms with Gasteiger partial charge in [0.15, 0.2) is 5.43 Å². The Morgan fingerprint density at radius 3 is 2.36 bits per heavy atom. The first-order valence-corrected chi connectivity index (χ1v) is 15.6. The first-order valence-electron chi connectivity index (χ1n) is 15.6. The van der Waals surface area contributed by atoms with Crippen LogP contribution in [0.2, 0.25) is 0 Å². The van der Waals surface area contributed by atoms with Crippen molar-refractivity contribution in [1.82, 2.24) is 20.2 Å². The number of hydrogen-bond donors (Lipinski definition) is 3. The summed E-state index contributed by atoms with van der Waals surface area (Å²) in [5.74, 6) is 0.743. The number of nitrogens with zero attached hydrogens (tertiary/aromatic N) is 2. The van der Waals surface area contributed by atoms with Gasteiger partial charge in [-0.1, -0.05) is 30.3 Å². The number of para-hydroxylation sites is 1. The molecule has 4 fully saturated rings. The average Bonchev–Trinajstić information content (AvgIpc) is 3.00. The average molecular weight is 591 g/mol. The summed E-state index contributed by atoms with van der Waals surface area (Å²) in [4.78, 5) is 44.0. The van der Waals surface area contributed by atoms with Crippen LogP contribution in [0.3, 0.4) is 0 Å². The van der Waals surface area contributed by atoms with E-state index in [2.05, 4.69) is 15.6 Å². The molecule has 5 atom stereocenters. The van der Waals surface area contributed by atoms with Crippen molar-refractivity contribution >= 4 is 22.8 Å². The minimum absolute atomic E-state index is 0.0412. The summed E-state index contributed by atoms with van der Waals surface area (Å²) in [6, 6.07) is 21.1. The van der Waals surface area contributed by atoms with E-state index in [-0.39, 0.29) is 28.8 Å². The molecular weight excluding hydrogens is 552 g/mol. The van der Waals surface area contributed by atoms with Crippen molar-refractivity contribution in [3.05, 3.63) is 106 Å². The zero-order valence-electron chi connectivity index (χ0n) is 25.1. The van der Waals surface area contributed by atoms with Gasteiger partial charge in [0.05, 0.1) is 5.39 Å². The lowest BCUT2D eigenvalue weighted by Crippen LogP contribution is -2.68. The number of nitrogens with one attached hydrogen (secondary N) is 2. The van der Waals surface area contributed by atoms with E-state index in [4.69, 9.17) is 0 Å². The van der Waals surface area contributed by atoms with Crippen LogP contribution in [-0.2, 0) is 11.2 Å². The van der Waals surface area contributed by atoms with Crippen LogP contribution in [-0.4, -0.2) is 43.7 Å². The third-order valence-electron chi connectivity index (χ3n) is 9.99. The Kier molecular flexibility index (Phi) is 6.92. The van der Waals surface area contributed by atoms with Crippen LogP contribution in [0.4, 0.5) is 0 Å². The second kappa shape index (κ2) is 10.7. The summed E-state index contributed by atoms with van der Waals surface area (Å²) in [5, 5.41) is 17.3. The number of rotatable bonds is 7. The number of carbonyl (C=O) groups excluding carboxylic acids is 2. The lowest BCUT2D eigenvalue weighted by Gasteiger charge is -2.60. The van der Waals surface area contributed by atoms with Crippen molar-refractivity contribution < 1.29 is 14.7 Å². The van der Waals surface area contributed by atoms with E-state index in [1.54, 1.807) is 12.3 Å². The number of aromatic nitrogens is 2. The Morgan fingerprint density at radius 1 is 0.977 bits per heavy atom. The van der Waals surface area contributed by atoms with E-state index in [0.717, 1.165) is 43.4 Å². The number of carbonyl (C=O) groups is 2. The minimum Gasteiger partial charge on any atom is -0.381 e. The predicted molar refractivity (Wildman–Crippen MR) is 169 cm³/mol. The third kappa shape index (κ3) is 5.21. The Bertz CT molecular complexity index is 1780. The Morgan fingerprint density at radius 2 is 1.68 bits per heavy atom. The second-order valence-electron chi connectivity index (χ2n) is 13.7. The standard InChI is InChI=1S/C36H38N4O4/c1-35(2,44)34(43)39-36-18-23-16-25(19-36)30(26(17-23)20-36)38-33(42)24-12-10-22(11-13-24)15-27-21-40(28-7-4-3-5-8-28)32-29(31(27)41)9-6-14-37-32/h3-14,21,23,25-26,30,44H,15-20H2,1-2H3,(H,38,42)(H,39,43)/t23?,25-,26+,30?,36?. The molecule has 0 aliphatic heterocycles. The number of fused-ring (bicyclic) bond motifs is 1. The van der Waals surface area contributed by atoms with Gasteiger partial charge in [-0.2, -0.15) is 0 Å². The Labute approximate surface area is 256 Å². The van der Waals surface area contributed by atoms with Gasteiger partial charge in [0.25, 0.3) is 11.8 Å². The molecule has 4 aliphatic rings. The van der Waals surface area contributed by atoms with Gasteiger partial charge >= 0.3 is 0 Å². The smallest absolute Gasteiger partial charge is 0.251 e. The van der Waals surface area contributed by atoms with E-state index in [9.17, 15) is 19.5 Å². The molecule has 0 saturated heterocycles. The fourth-order valence-electron chi connectivity index (χ4n) is 8.16. The zero-order chi connectivity index (χ0) is 30.6. The molecule has 8 rings (SSSR count). The fraction of sp³-hybridized carbons (Fsp3) is 0.389. The molecule has 0 radical (unpaired) electrons. The quantitative estimate of drug-likeness (QED) is 0.293. The Hall–Kier alpha value is -4.30. The number of hydrogen-bond acceptors (Lipinski definition) is 5. The molecule has 3 N–H and O–H groups in total. The second-order valence-corrected chi connectivity index (χ2v) is 13.7. The van der Waals surface area contributed by atoms with Gasteiger partial charge in [-0.05, 0) is 106 Å². The van der Waals surface area contributed by atoms with E-state index < -0.39 is 5.60 Å². The van der Waals surface area contributed by atoms with Gasteiger partial charge in [0.2, 0.25) is 0 Å². The summed E-state index contributed by atoms with van der Waals surface area (Å²) in [6.07, 6.45) is 8.73. The summed E-state index contributed by atoms with van der Waals surface area (Å²) in [6.45, 7) is 3.05. The molecule has 226 valence electrons. The van der Waals surface area contributed by atoms with Crippen LogP contribution in [0, 0.1) is 17.8 Å². The van der Waals surface area contributed by atoms with Crippen LogP contribution >= 0.6 is 0 Å². The topological polar surface area (TPSA) is 113 Å². The van der Waals surface area contributed by atoms with E-state index in [1.807, 2.05) is 71.4 Å². The lowest BCUT2D eigenvalue weighted by molar-refractivity contribution is -0.143. The zero-order valence-corrected chi connectivity index (χ0v) is 25.1. The molecular formula is C36H38N4O4. The van der Waals surface area contributed by atoms with Gasteiger partial charge in [-0.3, -0.25) is 14.4 Å². The van der Waals surface area contributed by atoms with Crippen LogP contribution in [0.25, 0.3) is 16.7 Å². The number of benzene rings is 2. The minimum atomic E-state index is -1.41. The normalized spacial score (nSPS) is 25.6. The van der Waals surface area contributed by atoms with E-state index in [0.29, 0.717) is 46.3 Å². The summed E-state index contributed by atoms with van der Waals surface area (Å²) in [7, 11) is 0. The maximum atomic E-state index is 13.4. The van der Waals surface area contributed by atoms with Gasteiger partial charge < -0.3 is 20.3 Å². The molecule has 3 unspecified atom stereocenters. The van der Waals surface area contributed by atoms with Gasteiger partial charge in [0.1, 0.15) is 11.2 Å². The number of amides is 2. The molecule has 44 heavy (non-hydrogen) atoms. The SMILES string of the molecule is CC(C)(O)C(=O)NC12CC3C[C@H](C1)C(NC(=O)c1ccc(Cc4cn(-c5ccccc5)c5ncccc5c4=O)cc1)[C@@H](C3)C2. The van der Waals surface area contributed by atoms with Gasteiger partial charge in [0, 0.05) is 47.2 Å². The molecule has 2 aromatic heterocycles. The molecule has 2 aromatic carbocycles. The van der Waals surface area contributed by atoms with E-state index in [1.165, 1.54) is 13.8 Å². The monoisotopic (exact) mass is 590 g/mol. The molecule has 2 heterocycles. The van der Waals surface area contributed by atoms with Crippen molar-refractivity contribution in [1.29, 1.82) is 0 Å². The van der Waals surface area contributed by atoms with Gasteiger partial charge in [-0.25, -0.2) is 4.98 Å². The highest BCUT2D eigenvalue weighted by Crippen LogP contribution is 2.55. The van der Waals surface area contributed by atoms with Crippen molar-refractivity contribution in [2.75, 3.05) is 0 Å². The molecule has 4 bridgehead atoms. The first kappa shape index (κ1) is 28.5. The number of aliphatic hydroxyl groups is 1. The summed E-state index contributed by atoms with van der Waals surface area (Å²) >= 11 is 0. The molecule has 8 heteroatoms. The van der Waals surface area contributed by atoms with Crippen molar-refractivity contribution in [3.63, 3.8) is 0 Å². The fourth-order valence-corrected chi connectivity index (χ4v) is 8.16. The van der Waals surface area contributed by atoms with Crippen LogP contribution in [0.5, 0.6) is 0 Å². The molecule has 4 saturated carbocycles. The molecule has 4 aliphatic carbocycles. The largest absolute Gasteiger partial charge is 0.381 e. The molecule has 2 amide bonds. The maximum Gasteiger partial charge on any atom is 0.251 e. The van der Waals surface area contributed by atoms with Crippen LogP contribution in [0.15, 0.2) is 83.9 Å². The predicted octanol–water partition coefficient (Wildman–Crippen LogP) is 4.54. The maximum absolute atomic E-state index is 13.4. The first-order chi connectivity index (χ1) is 21.1. The van der Waals surface area contributed by atoms with E-state index >= 15 is 0 Å². The number of pyridine rings is 2. The van der Waals surface area contributed by atoms with Crippen molar-refractivity contribution in [2.45, 2.75) is 69.6 Å². The summed E-state index contributed by atoms with van der Waals surface area (Å²) in [5.41, 5.74) is 2.01.